The molecule has 0 bridgehead atoms. The van der Waals surface area contributed by atoms with Crippen molar-refractivity contribution in [3.8, 4) is 0 Å². The van der Waals surface area contributed by atoms with E-state index in [0.717, 1.165) is 19.3 Å². The van der Waals surface area contributed by atoms with Crippen LogP contribution in [0.4, 0.5) is 0 Å². The molecule has 0 N–H and O–H groups in total. The summed E-state index contributed by atoms with van der Waals surface area (Å²) in [6.45, 7) is 6.89. The van der Waals surface area contributed by atoms with Crippen LogP contribution in [-0.2, 0) is 23.6 Å². The minimum atomic E-state index is -0.350. The smallest absolute Gasteiger partial charge is 0.0695 e. The molecule has 0 aromatic heterocycles. The Morgan fingerprint density at radius 1 is 0.421 bits per heavy atom. The lowest BCUT2D eigenvalue weighted by Crippen LogP contribution is -2.27. The van der Waals surface area contributed by atoms with E-state index in [9.17, 15) is 0 Å². The largest absolute Gasteiger partial charge is 0.101 e. The molecule has 0 saturated heterocycles. The second-order valence-corrected chi connectivity index (χ2v) is 12.3. The van der Waals surface area contributed by atoms with E-state index in [-0.39, 0.29) is 4.32 Å². The molecular formula is C37H51Br. The Morgan fingerprint density at radius 2 is 0.711 bits per heavy atom. The first-order valence-electron chi connectivity index (χ1n) is 15.6. The van der Waals surface area contributed by atoms with E-state index >= 15 is 0 Å². The van der Waals surface area contributed by atoms with Gasteiger partial charge in [-0.25, -0.2) is 0 Å². The van der Waals surface area contributed by atoms with E-state index in [1.54, 1.807) is 0 Å². The van der Waals surface area contributed by atoms with Crippen molar-refractivity contribution in [1.82, 2.24) is 0 Å². The van der Waals surface area contributed by atoms with Gasteiger partial charge in [-0.1, -0.05) is 167 Å². The van der Waals surface area contributed by atoms with Gasteiger partial charge in [-0.15, -0.1) is 0 Å². The molecule has 0 aliphatic rings. The van der Waals surface area contributed by atoms with Gasteiger partial charge in [-0.2, -0.15) is 0 Å². The van der Waals surface area contributed by atoms with Crippen LogP contribution in [0.5, 0.6) is 0 Å². The second kappa shape index (κ2) is 17.0. The lowest BCUT2D eigenvalue weighted by Gasteiger charge is -2.35. The molecule has 0 heterocycles. The first-order valence-corrected chi connectivity index (χ1v) is 16.4. The van der Waals surface area contributed by atoms with Crippen LogP contribution < -0.4 is 0 Å². The third kappa shape index (κ3) is 8.32. The van der Waals surface area contributed by atoms with Crippen molar-refractivity contribution >= 4 is 15.9 Å². The highest BCUT2D eigenvalue weighted by molar-refractivity contribution is 9.10. The standard InChI is InChI=1S/C37H51Br/c1-4-7-10-13-22-31-25-16-19-28-34(31)37(38,35-29-20-17-26-32(35)23-14-11-8-5-2)36-30-21-18-27-33(36)24-15-12-9-6-3/h16-21,25-30H,4-15,22-24H2,1-3H3. The molecule has 3 rings (SSSR count). The number of hydrogen-bond donors (Lipinski definition) is 0. The van der Waals surface area contributed by atoms with Gasteiger partial charge in [-0.05, 0) is 71.9 Å². The zero-order chi connectivity index (χ0) is 27.1. The minimum absolute atomic E-state index is 0.350. The summed E-state index contributed by atoms with van der Waals surface area (Å²) < 4.78 is -0.350. The van der Waals surface area contributed by atoms with Crippen LogP contribution in [0, 0.1) is 0 Å². The first-order chi connectivity index (χ1) is 18.7. The molecule has 0 amide bonds. The predicted molar refractivity (Wildman–Crippen MR) is 172 cm³/mol. The Bertz CT molecular complexity index is 931. The van der Waals surface area contributed by atoms with Crippen LogP contribution in [-0.4, -0.2) is 0 Å². The minimum Gasteiger partial charge on any atom is -0.0695 e. The van der Waals surface area contributed by atoms with E-state index in [0.29, 0.717) is 0 Å². The van der Waals surface area contributed by atoms with Crippen molar-refractivity contribution < 1.29 is 0 Å². The molecule has 0 fully saturated rings. The van der Waals surface area contributed by atoms with E-state index in [1.165, 1.54) is 110 Å². The average Bonchev–Trinajstić information content (AvgIpc) is 2.96. The molecule has 0 atom stereocenters. The van der Waals surface area contributed by atoms with Gasteiger partial charge in [-0.3, -0.25) is 0 Å². The molecule has 0 aliphatic carbocycles. The summed E-state index contributed by atoms with van der Waals surface area (Å²) >= 11 is 4.53. The van der Waals surface area contributed by atoms with E-state index in [2.05, 4.69) is 109 Å². The maximum atomic E-state index is 4.53. The molecule has 0 aliphatic heterocycles. The summed E-state index contributed by atoms with van der Waals surface area (Å²) in [4.78, 5) is 0. The molecule has 0 saturated carbocycles. The Morgan fingerprint density at radius 3 is 1.00 bits per heavy atom. The molecule has 0 spiro atoms. The van der Waals surface area contributed by atoms with Gasteiger partial charge < -0.3 is 0 Å². The van der Waals surface area contributed by atoms with Crippen molar-refractivity contribution in [3.63, 3.8) is 0 Å². The first kappa shape index (κ1) is 30.7. The maximum absolute atomic E-state index is 4.53. The Balaban J connectivity index is 2.12. The van der Waals surface area contributed by atoms with Crippen LogP contribution in [0.1, 0.15) is 131 Å². The number of alkyl halides is 1. The lowest BCUT2D eigenvalue weighted by molar-refractivity contribution is 0.654. The zero-order valence-electron chi connectivity index (χ0n) is 24.4. The molecule has 3 aromatic carbocycles. The Labute approximate surface area is 242 Å². The van der Waals surface area contributed by atoms with Crippen LogP contribution in [0.15, 0.2) is 72.8 Å². The van der Waals surface area contributed by atoms with E-state index in [4.69, 9.17) is 0 Å². The number of benzene rings is 3. The van der Waals surface area contributed by atoms with Gasteiger partial charge in [0.1, 0.15) is 4.32 Å². The highest BCUT2D eigenvalue weighted by Crippen LogP contribution is 2.49. The fraction of sp³-hybridized carbons (Fsp3) is 0.514. The summed E-state index contributed by atoms with van der Waals surface area (Å²) in [5.41, 5.74) is 8.75. The summed E-state index contributed by atoms with van der Waals surface area (Å²) in [7, 11) is 0. The lowest BCUT2D eigenvalue weighted by atomic mass is 9.77. The molecule has 3 aromatic rings. The number of aryl methyl sites for hydroxylation is 3. The monoisotopic (exact) mass is 574 g/mol. The highest BCUT2D eigenvalue weighted by atomic mass is 79.9. The van der Waals surface area contributed by atoms with Gasteiger partial charge >= 0.3 is 0 Å². The van der Waals surface area contributed by atoms with Crippen LogP contribution in [0.25, 0.3) is 0 Å². The third-order valence-corrected chi connectivity index (χ3v) is 9.35. The Hall–Kier alpha value is -1.86. The predicted octanol–water partition coefficient (Wildman–Crippen LogP) is 11.7. The Kier molecular flexibility index (Phi) is 13.7. The summed E-state index contributed by atoms with van der Waals surface area (Å²) in [6, 6.07) is 27.8. The number of unbranched alkanes of at least 4 members (excludes halogenated alkanes) is 9. The van der Waals surface area contributed by atoms with Crippen LogP contribution in [0.3, 0.4) is 0 Å². The molecule has 0 unspecified atom stereocenters. The quantitative estimate of drug-likeness (QED) is 0.0804. The van der Waals surface area contributed by atoms with Gasteiger partial charge in [0.05, 0.1) is 0 Å². The molecule has 206 valence electrons. The highest BCUT2D eigenvalue weighted by Gasteiger charge is 2.38. The molecule has 1 heteroatoms. The van der Waals surface area contributed by atoms with Gasteiger partial charge in [0.15, 0.2) is 0 Å². The fourth-order valence-electron chi connectivity index (χ4n) is 5.89. The van der Waals surface area contributed by atoms with Crippen molar-refractivity contribution in [2.24, 2.45) is 0 Å². The number of rotatable bonds is 18. The van der Waals surface area contributed by atoms with E-state index in [1.807, 2.05) is 0 Å². The van der Waals surface area contributed by atoms with Crippen molar-refractivity contribution in [2.45, 2.75) is 121 Å². The number of halogens is 1. The van der Waals surface area contributed by atoms with Crippen molar-refractivity contribution in [2.75, 3.05) is 0 Å². The number of hydrogen-bond acceptors (Lipinski definition) is 0. The van der Waals surface area contributed by atoms with Crippen molar-refractivity contribution in [1.29, 1.82) is 0 Å². The van der Waals surface area contributed by atoms with Crippen molar-refractivity contribution in [3.05, 3.63) is 106 Å². The molecule has 0 radical (unpaired) electrons. The molecule has 0 nitrogen and oxygen atoms in total. The molecular weight excluding hydrogens is 524 g/mol. The maximum Gasteiger partial charge on any atom is 0.101 e. The van der Waals surface area contributed by atoms with Crippen LogP contribution >= 0.6 is 15.9 Å². The average molecular weight is 576 g/mol. The summed E-state index contributed by atoms with van der Waals surface area (Å²) in [5.74, 6) is 0. The zero-order valence-corrected chi connectivity index (χ0v) is 26.0. The van der Waals surface area contributed by atoms with E-state index < -0.39 is 0 Å². The van der Waals surface area contributed by atoms with Gasteiger partial charge in [0.2, 0.25) is 0 Å². The van der Waals surface area contributed by atoms with Gasteiger partial charge in [0.25, 0.3) is 0 Å². The fourth-order valence-corrected chi connectivity index (χ4v) is 7.05. The van der Waals surface area contributed by atoms with Gasteiger partial charge in [0, 0.05) is 0 Å². The summed E-state index contributed by atoms with van der Waals surface area (Å²) in [5, 5.41) is 0. The molecule has 38 heavy (non-hydrogen) atoms. The van der Waals surface area contributed by atoms with Crippen LogP contribution in [0.2, 0.25) is 0 Å². The second-order valence-electron chi connectivity index (χ2n) is 11.1. The summed E-state index contributed by atoms with van der Waals surface area (Å²) in [6.07, 6.45) is 18.9. The SMILES string of the molecule is CCCCCCc1ccccc1C(Br)(c1ccccc1CCCCCC)c1ccccc1CCCCCC. The third-order valence-electron chi connectivity index (χ3n) is 8.06. The topological polar surface area (TPSA) is 0 Å². The normalized spacial score (nSPS) is 11.7.